The number of nitrogens with one attached hydrogen (secondary N) is 2. The fraction of sp³-hybridized carbons (Fsp3) is 0.320. The van der Waals surface area contributed by atoms with Crippen LogP contribution in [0.15, 0.2) is 54.6 Å². The summed E-state index contributed by atoms with van der Waals surface area (Å²) in [5.41, 5.74) is 5.05. The summed E-state index contributed by atoms with van der Waals surface area (Å²) in [6.45, 7) is 8.72. The second-order valence-corrected chi connectivity index (χ2v) is 7.92. The van der Waals surface area contributed by atoms with Crippen LogP contribution in [0.4, 0.5) is 11.4 Å². The molecule has 0 bridgehead atoms. The average molecular weight is 434 g/mol. The first kappa shape index (κ1) is 23.2. The molecule has 1 heterocycles. The van der Waals surface area contributed by atoms with Gasteiger partial charge in [-0.05, 0) is 57.5 Å². The number of aromatic nitrogens is 2. The van der Waals surface area contributed by atoms with Crippen LogP contribution in [0.3, 0.4) is 0 Å². The van der Waals surface area contributed by atoms with Crippen molar-refractivity contribution in [2.24, 2.45) is 0 Å². The zero-order chi connectivity index (χ0) is 23.1. The van der Waals surface area contributed by atoms with Crippen LogP contribution >= 0.6 is 0 Å². The molecule has 1 aromatic heterocycles. The molecular weight excluding hydrogens is 402 g/mol. The van der Waals surface area contributed by atoms with Crippen molar-refractivity contribution in [1.82, 2.24) is 14.7 Å². The van der Waals surface area contributed by atoms with Crippen LogP contribution in [0.25, 0.3) is 5.69 Å². The third-order valence-corrected chi connectivity index (χ3v) is 5.25. The van der Waals surface area contributed by atoms with Gasteiger partial charge >= 0.3 is 0 Å². The van der Waals surface area contributed by atoms with Crippen LogP contribution in [-0.2, 0) is 9.59 Å². The van der Waals surface area contributed by atoms with Crippen molar-refractivity contribution in [3.05, 3.63) is 71.5 Å². The zero-order valence-corrected chi connectivity index (χ0v) is 19.2. The minimum atomic E-state index is -0.166. The highest BCUT2D eigenvalue weighted by molar-refractivity contribution is 5.95. The van der Waals surface area contributed by atoms with E-state index >= 15 is 0 Å². The molecule has 0 saturated carbocycles. The molecule has 0 aliphatic rings. The highest BCUT2D eigenvalue weighted by Crippen LogP contribution is 2.22. The summed E-state index contributed by atoms with van der Waals surface area (Å²) in [5.74, 6) is -0.300. The van der Waals surface area contributed by atoms with E-state index in [1.165, 1.54) is 0 Å². The highest BCUT2D eigenvalue weighted by Gasteiger charge is 2.18. The van der Waals surface area contributed by atoms with E-state index in [9.17, 15) is 9.59 Å². The summed E-state index contributed by atoms with van der Waals surface area (Å²) >= 11 is 0. The predicted octanol–water partition coefficient (Wildman–Crippen LogP) is 4.09. The standard InChI is InChI=1S/C25H31N5O2/c1-5-15-29(16-23(31)26-22-14-10-9-11-18(22)2)17-24(32)27-25-19(3)28-30(20(25)4)21-12-7-6-8-13-21/h6-14H,5,15-17H2,1-4H3,(H,26,31)(H,27,32). The molecule has 168 valence electrons. The number of benzene rings is 2. The van der Waals surface area contributed by atoms with Crippen molar-refractivity contribution < 1.29 is 9.59 Å². The molecule has 0 atom stereocenters. The maximum atomic E-state index is 12.8. The Morgan fingerprint density at radius 3 is 2.19 bits per heavy atom. The molecule has 2 N–H and O–H groups in total. The molecule has 2 aromatic carbocycles. The number of hydrogen-bond acceptors (Lipinski definition) is 4. The van der Waals surface area contributed by atoms with E-state index in [4.69, 9.17) is 0 Å². The van der Waals surface area contributed by atoms with Gasteiger partial charge in [0.15, 0.2) is 0 Å². The number of amides is 2. The minimum absolute atomic E-state index is 0.129. The molecule has 2 amide bonds. The van der Waals surface area contributed by atoms with Crippen LogP contribution < -0.4 is 10.6 Å². The lowest BCUT2D eigenvalue weighted by atomic mass is 10.2. The van der Waals surface area contributed by atoms with Gasteiger partial charge in [0.25, 0.3) is 0 Å². The molecule has 7 heteroatoms. The number of nitrogens with zero attached hydrogens (tertiary/aromatic N) is 3. The first-order valence-electron chi connectivity index (χ1n) is 10.9. The Hall–Kier alpha value is -3.45. The van der Waals surface area contributed by atoms with Crippen LogP contribution in [0.5, 0.6) is 0 Å². The van der Waals surface area contributed by atoms with E-state index in [-0.39, 0.29) is 24.9 Å². The third-order valence-electron chi connectivity index (χ3n) is 5.25. The number of carbonyl (C=O) groups excluding carboxylic acids is 2. The van der Waals surface area contributed by atoms with Crippen molar-refractivity contribution in [3.63, 3.8) is 0 Å². The van der Waals surface area contributed by atoms with Crippen LogP contribution in [-0.4, -0.2) is 46.1 Å². The molecule has 0 saturated heterocycles. The second kappa shape index (κ2) is 10.7. The molecule has 0 aliphatic carbocycles. The number of rotatable bonds is 9. The Balaban J connectivity index is 1.65. The molecule has 0 fully saturated rings. The number of para-hydroxylation sites is 2. The van der Waals surface area contributed by atoms with E-state index in [1.807, 2.05) is 91.9 Å². The van der Waals surface area contributed by atoms with Crippen LogP contribution in [0.1, 0.15) is 30.3 Å². The number of carbonyl (C=O) groups is 2. The Morgan fingerprint density at radius 2 is 1.53 bits per heavy atom. The van der Waals surface area contributed by atoms with Gasteiger partial charge in [-0.1, -0.05) is 43.3 Å². The summed E-state index contributed by atoms with van der Waals surface area (Å²) in [6.07, 6.45) is 0.842. The number of aryl methyl sites for hydroxylation is 2. The molecule has 0 aliphatic heterocycles. The van der Waals surface area contributed by atoms with Crippen molar-refractivity contribution in [2.45, 2.75) is 34.1 Å². The van der Waals surface area contributed by atoms with E-state index < -0.39 is 0 Å². The van der Waals surface area contributed by atoms with Crippen molar-refractivity contribution >= 4 is 23.2 Å². The SMILES string of the molecule is CCCN(CC(=O)Nc1ccccc1C)CC(=O)Nc1c(C)nn(-c2ccccc2)c1C. The molecular formula is C25H31N5O2. The summed E-state index contributed by atoms with van der Waals surface area (Å²) in [7, 11) is 0. The Bertz CT molecular complexity index is 1080. The maximum absolute atomic E-state index is 12.8. The summed E-state index contributed by atoms with van der Waals surface area (Å²) in [4.78, 5) is 27.2. The van der Waals surface area contributed by atoms with Crippen molar-refractivity contribution in [3.8, 4) is 5.69 Å². The van der Waals surface area contributed by atoms with Gasteiger partial charge in [-0.2, -0.15) is 5.10 Å². The van der Waals surface area contributed by atoms with E-state index in [2.05, 4.69) is 15.7 Å². The van der Waals surface area contributed by atoms with E-state index in [1.54, 1.807) is 0 Å². The minimum Gasteiger partial charge on any atom is -0.325 e. The van der Waals surface area contributed by atoms with Gasteiger partial charge in [0.05, 0.1) is 35.9 Å². The predicted molar refractivity (Wildman–Crippen MR) is 128 cm³/mol. The van der Waals surface area contributed by atoms with Crippen LogP contribution in [0, 0.1) is 20.8 Å². The Kier molecular flexibility index (Phi) is 7.78. The van der Waals surface area contributed by atoms with Crippen LogP contribution in [0.2, 0.25) is 0 Å². The first-order chi connectivity index (χ1) is 15.4. The second-order valence-electron chi connectivity index (χ2n) is 7.92. The molecule has 0 radical (unpaired) electrons. The lowest BCUT2D eigenvalue weighted by Crippen LogP contribution is -2.39. The smallest absolute Gasteiger partial charge is 0.238 e. The van der Waals surface area contributed by atoms with Gasteiger partial charge in [-0.3, -0.25) is 14.5 Å². The fourth-order valence-corrected chi connectivity index (χ4v) is 3.66. The normalized spacial score (nSPS) is 10.9. The van der Waals surface area contributed by atoms with Gasteiger partial charge in [-0.15, -0.1) is 0 Å². The first-order valence-corrected chi connectivity index (χ1v) is 10.9. The Labute approximate surface area is 189 Å². The van der Waals surface area contributed by atoms with Gasteiger partial charge < -0.3 is 10.6 Å². The van der Waals surface area contributed by atoms with Gasteiger partial charge in [-0.25, -0.2) is 4.68 Å². The molecule has 7 nitrogen and oxygen atoms in total. The largest absolute Gasteiger partial charge is 0.325 e. The quantitative estimate of drug-likeness (QED) is 0.533. The lowest BCUT2D eigenvalue weighted by Gasteiger charge is -2.21. The molecule has 32 heavy (non-hydrogen) atoms. The van der Waals surface area contributed by atoms with Gasteiger partial charge in [0.2, 0.25) is 11.8 Å². The summed E-state index contributed by atoms with van der Waals surface area (Å²) in [5, 5.41) is 10.5. The number of hydrogen-bond donors (Lipinski definition) is 2. The average Bonchev–Trinajstić information content (AvgIpc) is 3.04. The van der Waals surface area contributed by atoms with Gasteiger partial charge in [0, 0.05) is 5.69 Å². The summed E-state index contributed by atoms with van der Waals surface area (Å²) < 4.78 is 1.82. The number of anilines is 2. The highest BCUT2D eigenvalue weighted by atomic mass is 16.2. The summed E-state index contributed by atoms with van der Waals surface area (Å²) in [6, 6.07) is 17.5. The van der Waals surface area contributed by atoms with Gasteiger partial charge in [0.1, 0.15) is 0 Å². The maximum Gasteiger partial charge on any atom is 0.238 e. The Morgan fingerprint density at radius 1 is 0.906 bits per heavy atom. The monoisotopic (exact) mass is 433 g/mol. The third kappa shape index (κ3) is 5.82. The van der Waals surface area contributed by atoms with Crippen molar-refractivity contribution in [2.75, 3.05) is 30.3 Å². The molecule has 0 unspecified atom stereocenters. The molecule has 0 spiro atoms. The lowest BCUT2D eigenvalue weighted by molar-refractivity contribution is -0.120. The van der Waals surface area contributed by atoms with E-state index in [0.29, 0.717) is 12.2 Å². The zero-order valence-electron chi connectivity index (χ0n) is 19.2. The molecule has 3 rings (SSSR count). The fourth-order valence-electron chi connectivity index (χ4n) is 3.66. The van der Waals surface area contributed by atoms with E-state index in [0.717, 1.165) is 34.7 Å². The van der Waals surface area contributed by atoms with Crippen molar-refractivity contribution in [1.29, 1.82) is 0 Å². The topological polar surface area (TPSA) is 79.3 Å². The molecule has 3 aromatic rings.